The molecule has 0 heterocycles. The van der Waals surface area contributed by atoms with Crippen molar-refractivity contribution >= 4 is 17.3 Å². The molecule has 0 aliphatic heterocycles. The van der Waals surface area contributed by atoms with Crippen molar-refractivity contribution in [3.63, 3.8) is 0 Å². The lowest BCUT2D eigenvalue weighted by Gasteiger charge is -2.29. The molecule has 0 unspecified atom stereocenters. The summed E-state index contributed by atoms with van der Waals surface area (Å²) in [6.45, 7) is 8.07. The van der Waals surface area contributed by atoms with Gasteiger partial charge in [-0.05, 0) is 45.2 Å². The minimum absolute atomic E-state index is 0.0704. The highest BCUT2D eigenvalue weighted by Crippen LogP contribution is 2.37. The van der Waals surface area contributed by atoms with Gasteiger partial charge in [0.1, 0.15) is 0 Å². The predicted molar refractivity (Wildman–Crippen MR) is 85.5 cm³/mol. The third-order valence-corrected chi connectivity index (χ3v) is 3.80. The highest BCUT2D eigenvalue weighted by atomic mass is 35.5. The van der Waals surface area contributed by atoms with Crippen LogP contribution < -0.4 is 10.2 Å². The van der Waals surface area contributed by atoms with Crippen molar-refractivity contribution in [2.24, 2.45) is 0 Å². The normalized spacial score (nSPS) is 15.4. The molecule has 20 heavy (non-hydrogen) atoms. The molecule has 0 bridgehead atoms. The summed E-state index contributed by atoms with van der Waals surface area (Å²) in [6, 6.07) is 6.59. The minimum Gasteiger partial charge on any atom is -0.395 e. The molecule has 0 saturated heterocycles. The molecule has 3 nitrogen and oxygen atoms in total. The number of aliphatic hydroxyl groups excluding tert-OH is 1. The Kier molecular flexibility index (Phi) is 4.95. The van der Waals surface area contributed by atoms with E-state index in [1.807, 2.05) is 12.1 Å². The van der Waals surface area contributed by atoms with E-state index < -0.39 is 0 Å². The third kappa shape index (κ3) is 4.11. The van der Waals surface area contributed by atoms with Crippen LogP contribution >= 0.6 is 11.6 Å². The van der Waals surface area contributed by atoms with Gasteiger partial charge in [-0.15, -0.1) is 0 Å². The summed E-state index contributed by atoms with van der Waals surface area (Å²) in [5.74, 6) is 0. The number of nitrogens with one attached hydrogen (secondary N) is 1. The molecule has 0 spiro atoms. The van der Waals surface area contributed by atoms with E-state index in [4.69, 9.17) is 11.6 Å². The van der Waals surface area contributed by atoms with E-state index in [1.165, 1.54) is 18.4 Å². The number of para-hydroxylation sites is 1. The van der Waals surface area contributed by atoms with Crippen LogP contribution in [0.25, 0.3) is 0 Å². The Morgan fingerprint density at radius 3 is 2.60 bits per heavy atom. The molecular formula is C16H25ClN2O. The fraction of sp³-hybridized carbons (Fsp3) is 0.625. The fourth-order valence-electron chi connectivity index (χ4n) is 2.36. The minimum atomic E-state index is 0.0704. The largest absolute Gasteiger partial charge is 0.395 e. The number of anilines is 1. The highest BCUT2D eigenvalue weighted by molar-refractivity contribution is 6.33. The Hall–Kier alpha value is -0.770. The van der Waals surface area contributed by atoms with Crippen LogP contribution in [0, 0.1) is 0 Å². The second-order valence-electron chi connectivity index (χ2n) is 6.50. The predicted octanol–water partition coefficient (Wildman–Crippen LogP) is 3.19. The molecule has 0 aromatic heterocycles. The number of halogens is 1. The maximum atomic E-state index is 9.32. The summed E-state index contributed by atoms with van der Waals surface area (Å²) in [5.41, 5.74) is 2.36. The van der Waals surface area contributed by atoms with Gasteiger partial charge in [-0.3, -0.25) is 0 Å². The molecule has 2 rings (SSSR count). The Morgan fingerprint density at radius 2 is 2.05 bits per heavy atom. The molecule has 0 radical (unpaired) electrons. The molecule has 2 N–H and O–H groups in total. The number of aliphatic hydroxyl groups is 1. The monoisotopic (exact) mass is 296 g/mol. The molecule has 4 heteroatoms. The average molecular weight is 297 g/mol. The van der Waals surface area contributed by atoms with Crippen molar-refractivity contribution in [3.05, 3.63) is 28.8 Å². The lowest BCUT2D eigenvalue weighted by molar-refractivity contribution is 0.301. The van der Waals surface area contributed by atoms with E-state index in [2.05, 4.69) is 37.1 Å². The van der Waals surface area contributed by atoms with Gasteiger partial charge < -0.3 is 15.3 Å². The van der Waals surface area contributed by atoms with Crippen molar-refractivity contribution < 1.29 is 5.11 Å². The number of hydrogen-bond donors (Lipinski definition) is 2. The van der Waals surface area contributed by atoms with E-state index in [0.717, 1.165) is 17.3 Å². The molecule has 1 saturated carbocycles. The molecule has 1 aliphatic carbocycles. The van der Waals surface area contributed by atoms with E-state index in [1.54, 1.807) is 0 Å². The fourth-order valence-corrected chi connectivity index (χ4v) is 2.66. The van der Waals surface area contributed by atoms with Gasteiger partial charge in [0.25, 0.3) is 0 Å². The van der Waals surface area contributed by atoms with Crippen LogP contribution in [0.1, 0.15) is 39.2 Å². The van der Waals surface area contributed by atoms with Crippen molar-refractivity contribution in [2.45, 2.75) is 51.7 Å². The van der Waals surface area contributed by atoms with Gasteiger partial charge in [0.2, 0.25) is 0 Å². The van der Waals surface area contributed by atoms with E-state index in [0.29, 0.717) is 12.6 Å². The topological polar surface area (TPSA) is 35.5 Å². The quantitative estimate of drug-likeness (QED) is 0.846. The van der Waals surface area contributed by atoms with Crippen LogP contribution in [0.3, 0.4) is 0 Å². The van der Waals surface area contributed by atoms with Crippen LogP contribution in [0.15, 0.2) is 18.2 Å². The smallest absolute Gasteiger partial charge is 0.0643 e. The summed E-state index contributed by atoms with van der Waals surface area (Å²) in [6.07, 6.45) is 2.38. The van der Waals surface area contributed by atoms with Gasteiger partial charge in [0.15, 0.2) is 0 Å². The van der Waals surface area contributed by atoms with Crippen molar-refractivity contribution in [1.29, 1.82) is 0 Å². The zero-order valence-corrected chi connectivity index (χ0v) is 13.4. The lowest BCUT2D eigenvalue weighted by Crippen LogP contribution is -2.36. The van der Waals surface area contributed by atoms with Crippen LogP contribution in [0.2, 0.25) is 5.02 Å². The first-order valence-corrected chi connectivity index (χ1v) is 7.70. The first kappa shape index (κ1) is 15.6. The van der Waals surface area contributed by atoms with Gasteiger partial charge in [-0.1, -0.05) is 23.7 Å². The Bertz CT molecular complexity index is 452. The Balaban J connectivity index is 2.25. The number of benzene rings is 1. The molecular weight excluding hydrogens is 272 g/mol. The molecule has 0 atom stereocenters. The van der Waals surface area contributed by atoms with Crippen molar-refractivity contribution in [2.75, 3.05) is 18.1 Å². The zero-order valence-electron chi connectivity index (χ0n) is 12.6. The summed E-state index contributed by atoms with van der Waals surface area (Å²) < 4.78 is 0. The molecule has 1 aromatic rings. The summed E-state index contributed by atoms with van der Waals surface area (Å²) in [4.78, 5) is 2.27. The van der Waals surface area contributed by atoms with Gasteiger partial charge in [-0.25, -0.2) is 0 Å². The number of hydrogen-bond acceptors (Lipinski definition) is 3. The number of nitrogens with zero attached hydrogens (tertiary/aromatic N) is 1. The van der Waals surface area contributed by atoms with E-state index in [-0.39, 0.29) is 12.1 Å². The lowest BCUT2D eigenvalue weighted by atomic mass is 10.1. The van der Waals surface area contributed by atoms with Crippen molar-refractivity contribution in [3.8, 4) is 0 Å². The molecule has 112 valence electrons. The van der Waals surface area contributed by atoms with Crippen LogP contribution in [0.4, 0.5) is 5.69 Å². The Morgan fingerprint density at radius 1 is 1.35 bits per heavy atom. The second kappa shape index (κ2) is 6.33. The van der Waals surface area contributed by atoms with E-state index >= 15 is 0 Å². The third-order valence-electron chi connectivity index (χ3n) is 3.50. The summed E-state index contributed by atoms with van der Waals surface area (Å²) in [5, 5.41) is 13.6. The van der Waals surface area contributed by atoms with Crippen LogP contribution in [-0.4, -0.2) is 29.8 Å². The Labute approximate surface area is 126 Å². The summed E-state index contributed by atoms with van der Waals surface area (Å²) in [7, 11) is 0. The van der Waals surface area contributed by atoms with Gasteiger partial charge in [-0.2, -0.15) is 0 Å². The van der Waals surface area contributed by atoms with Crippen LogP contribution in [-0.2, 0) is 6.54 Å². The van der Waals surface area contributed by atoms with Gasteiger partial charge >= 0.3 is 0 Å². The average Bonchev–Trinajstić information content (AvgIpc) is 3.17. The van der Waals surface area contributed by atoms with Crippen molar-refractivity contribution in [1.82, 2.24) is 5.32 Å². The standard InChI is InChI=1S/C16H25ClN2O/c1-16(2,3)18-11-12-5-4-6-14(17)15(12)19(9-10-20)13-7-8-13/h4-6,13,18,20H,7-11H2,1-3H3. The molecule has 1 aromatic carbocycles. The van der Waals surface area contributed by atoms with Crippen LogP contribution in [0.5, 0.6) is 0 Å². The van der Waals surface area contributed by atoms with E-state index in [9.17, 15) is 5.11 Å². The SMILES string of the molecule is CC(C)(C)NCc1cccc(Cl)c1N(CCO)C1CC1. The maximum Gasteiger partial charge on any atom is 0.0643 e. The molecule has 1 aliphatic rings. The van der Waals surface area contributed by atoms with Gasteiger partial charge in [0, 0.05) is 24.7 Å². The number of rotatable bonds is 6. The summed E-state index contributed by atoms with van der Waals surface area (Å²) >= 11 is 6.43. The van der Waals surface area contributed by atoms with Gasteiger partial charge in [0.05, 0.1) is 17.3 Å². The maximum absolute atomic E-state index is 9.32. The zero-order chi connectivity index (χ0) is 14.8. The highest BCUT2D eigenvalue weighted by Gasteiger charge is 2.31. The molecule has 0 amide bonds. The molecule has 1 fully saturated rings. The second-order valence-corrected chi connectivity index (χ2v) is 6.91. The first-order chi connectivity index (χ1) is 9.42. The first-order valence-electron chi connectivity index (χ1n) is 7.32.